The summed E-state index contributed by atoms with van der Waals surface area (Å²) < 4.78 is 6.31. The first kappa shape index (κ1) is 23.8. The average molecular weight is 492 g/mol. The van der Waals surface area contributed by atoms with E-state index >= 15 is 0 Å². The predicted octanol–water partition coefficient (Wildman–Crippen LogP) is 4.52. The molecule has 2 amide bonds. The number of ether oxygens (including phenoxy) is 1. The molecule has 3 aromatic rings. The summed E-state index contributed by atoms with van der Waals surface area (Å²) >= 11 is 8.54. The maximum atomic E-state index is 12.4. The largest absolute Gasteiger partial charge is 0.492 e. The highest BCUT2D eigenvalue weighted by Gasteiger charge is 2.12. The van der Waals surface area contributed by atoms with E-state index in [1.165, 1.54) is 30.0 Å². The summed E-state index contributed by atoms with van der Waals surface area (Å²) in [6, 6.07) is 14.4. The van der Waals surface area contributed by atoms with Gasteiger partial charge in [-0.2, -0.15) is 0 Å². The SMILES string of the molecule is CC(=O)Nc1cccc(Nc2nnc(SCC(=O)N(C)CCOc3ccc(Cl)cc3)s2)c1. The molecule has 1 aromatic heterocycles. The third kappa shape index (κ3) is 7.70. The highest BCUT2D eigenvalue weighted by molar-refractivity contribution is 8.01. The monoisotopic (exact) mass is 491 g/mol. The maximum absolute atomic E-state index is 12.4. The number of likely N-dealkylation sites (N-methyl/N-ethyl adjacent to an activating group) is 1. The Hall–Kier alpha value is -2.82. The zero-order valence-electron chi connectivity index (χ0n) is 17.5. The smallest absolute Gasteiger partial charge is 0.232 e. The number of benzene rings is 2. The predicted molar refractivity (Wildman–Crippen MR) is 129 cm³/mol. The number of carbonyl (C=O) groups excluding carboxylic acids is 2. The molecule has 1 heterocycles. The molecule has 11 heteroatoms. The number of hydrogen-bond donors (Lipinski definition) is 2. The van der Waals surface area contributed by atoms with Crippen molar-refractivity contribution in [3.8, 4) is 5.75 Å². The molecule has 0 fully saturated rings. The summed E-state index contributed by atoms with van der Waals surface area (Å²) in [5.41, 5.74) is 1.47. The van der Waals surface area contributed by atoms with E-state index < -0.39 is 0 Å². The quantitative estimate of drug-likeness (QED) is 0.402. The standard InChI is InChI=1S/C21H22ClN5O3S2/c1-14(28)23-16-4-3-5-17(12-16)24-20-25-26-21(32-20)31-13-19(29)27(2)10-11-30-18-8-6-15(22)7-9-18/h3-9,12H,10-11,13H2,1-2H3,(H,23,28)(H,24,25). The Morgan fingerprint density at radius 1 is 1.16 bits per heavy atom. The van der Waals surface area contributed by atoms with Crippen molar-refractivity contribution in [1.82, 2.24) is 15.1 Å². The Bertz CT molecular complexity index is 1060. The second-order valence-electron chi connectivity index (χ2n) is 6.67. The number of amides is 2. The summed E-state index contributed by atoms with van der Waals surface area (Å²) in [5, 5.41) is 15.4. The van der Waals surface area contributed by atoms with Crippen LogP contribution in [0.3, 0.4) is 0 Å². The zero-order valence-corrected chi connectivity index (χ0v) is 19.9. The van der Waals surface area contributed by atoms with Crippen LogP contribution in [0, 0.1) is 0 Å². The van der Waals surface area contributed by atoms with Crippen LogP contribution in [0.4, 0.5) is 16.5 Å². The van der Waals surface area contributed by atoms with Crippen molar-refractivity contribution in [2.24, 2.45) is 0 Å². The summed E-state index contributed by atoms with van der Waals surface area (Å²) in [6.07, 6.45) is 0. The fraction of sp³-hybridized carbons (Fsp3) is 0.238. The minimum atomic E-state index is -0.136. The van der Waals surface area contributed by atoms with Gasteiger partial charge in [-0.3, -0.25) is 9.59 Å². The molecule has 0 radical (unpaired) electrons. The Balaban J connectivity index is 1.42. The topological polar surface area (TPSA) is 96.4 Å². The van der Waals surface area contributed by atoms with Gasteiger partial charge in [-0.05, 0) is 42.5 Å². The zero-order chi connectivity index (χ0) is 22.9. The Morgan fingerprint density at radius 2 is 1.91 bits per heavy atom. The average Bonchev–Trinajstić information content (AvgIpc) is 3.20. The van der Waals surface area contributed by atoms with Gasteiger partial charge in [-0.25, -0.2) is 0 Å². The van der Waals surface area contributed by atoms with Gasteiger partial charge < -0.3 is 20.3 Å². The van der Waals surface area contributed by atoms with Gasteiger partial charge in [-0.15, -0.1) is 10.2 Å². The number of nitrogens with zero attached hydrogens (tertiary/aromatic N) is 3. The van der Waals surface area contributed by atoms with Crippen LogP contribution < -0.4 is 15.4 Å². The summed E-state index contributed by atoms with van der Waals surface area (Å²) in [4.78, 5) is 25.2. The van der Waals surface area contributed by atoms with Gasteiger partial charge in [0.15, 0.2) is 4.34 Å². The molecule has 0 bridgehead atoms. The van der Waals surface area contributed by atoms with Gasteiger partial charge in [0.2, 0.25) is 16.9 Å². The van der Waals surface area contributed by atoms with Crippen molar-refractivity contribution in [1.29, 1.82) is 0 Å². The molecule has 0 aliphatic heterocycles. The van der Waals surface area contributed by atoms with Crippen LogP contribution in [0.25, 0.3) is 0 Å². The lowest BCUT2D eigenvalue weighted by Crippen LogP contribution is -2.32. The number of hydrogen-bond acceptors (Lipinski definition) is 8. The van der Waals surface area contributed by atoms with Crippen LogP contribution in [0.5, 0.6) is 5.75 Å². The van der Waals surface area contributed by atoms with Crippen LogP contribution in [0.15, 0.2) is 52.9 Å². The fourth-order valence-corrected chi connectivity index (χ4v) is 4.35. The van der Waals surface area contributed by atoms with Crippen LogP contribution in [0.1, 0.15) is 6.92 Å². The molecule has 8 nitrogen and oxygen atoms in total. The number of aromatic nitrogens is 2. The van der Waals surface area contributed by atoms with Crippen LogP contribution in [0.2, 0.25) is 5.02 Å². The number of thioether (sulfide) groups is 1. The summed E-state index contributed by atoms with van der Waals surface area (Å²) in [5.74, 6) is 0.802. The van der Waals surface area contributed by atoms with E-state index in [2.05, 4.69) is 20.8 Å². The number of carbonyl (C=O) groups is 2. The first-order chi connectivity index (χ1) is 15.4. The number of halogens is 1. The Morgan fingerprint density at radius 3 is 2.66 bits per heavy atom. The second kappa shape index (κ2) is 11.7. The first-order valence-electron chi connectivity index (χ1n) is 9.62. The van der Waals surface area contributed by atoms with Crippen LogP contribution in [-0.2, 0) is 9.59 Å². The summed E-state index contributed by atoms with van der Waals surface area (Å²) in [6.45, 7) is 2.31. The van der Waals surface area contributed by atoms with E-state index in [0.29, 0.717) is 39.1 Å². The van der Waals surface area contributed by atoms with Gasteiger partial charge in [0, 0.05) is 30.4 Å². The minimum Gasteiger partial charge on any atom is -0.492 e. The lowest BCUT2D eigenvalue weighted by Gasteiger charge is -2.17. The van der Waals surface area contributed by atoms with Gasteiger partial charge in [-0.1, -0.05) is 40.8 Å². The number of nitrogens with one attached hydrogen (secondary N) is 2. The highest BCUT2D eigenvalue weighted by atomic mass is 35.5. The van der Waals surface area contributed by atoms with Gasteiger partial charge >= 0.3 is 0 Å². The summed E-state index contributed by atoms with van der Waals surface area (Å²) in [7, 11) is 1.74. The molecular weight excluding hydrogens is 470 g/mol. The Labute approximate surface area is 199 Å². The molecule has 0 spiro atoms. The maximum Gasteiger partial charge on any atom is 0.232 e. The van der Waals surface area contributed by atoms with Crippen LogP contribution in [-0.4, -0.2) is 52.9 Å². The second-order valence-corrected chi connectivity index (χ2v) is 9.30. The fourth-order valence-electron chi connectivity index (χ4n) is 2.51. The molecule has 0 aliphatic carbocycles. The molecule has 168 valence electrons. The normalized spacial score (nSPS) is 10.5. The lowest BCUT2D eigenvalue weighted by molar-refractivity contribution is -0.127. The molecule has 0 unspecified atom stereocenters. The van der Waals surface area contributed by atoms with E-state index in [0.717, 1.165) is 5.69 Å². The molecule has 2 N–H and O–H groups in total. The molecule has 0 saturated carbocycles. The molecule has 32 heavy (non-hydrogen) atoms. The Kier molecular flexibility index (Phi) is 8.72. The van der Waals surface area contributed by atoms with Crippen molar-refractivity contribution in [2.45, 2.75) is 11.3 Å². The van der Waals surface area contributed by atoms with Crippen molar-refractivity contribution >= 4 is 63.0 Å². The third-order valence-electron chi connectivity index (χ3n) is 4.09. The van der Waals surface area contributed by atoms with Gasteiger partial charge in [0.05, 0.1) is 12.3 Å². The molecule has 3 rings (SSSR count). The van der Waals surface area contributed by atoms with Crippen molar-refractivity contribution in [2.75, 3.05) is 36.6 Å². The number of rotatable bonds is 10. The van der Waals surface area contributed by atoms with E-state index in [-0.39, 0.29) is 17.6 Å². The first-order valence-corrected chi connectivity index (χ1v) is 11.8. The molecule has 2 aromatic carbocycles. The van der Waals surface area contributed by atoms with E-state index in [1.807, 2.05) is 12.1 Å². The minimum absolute atomic E-state index is 0.0255. The van der Waals surface area contributed by atoms with Crippen molar-refractivity contribution in [3.63, 3.8) is 0 Å². The van der Waals surface area contributed by atoms with E-state index in [4.69, 9.17) is 16.3 Å². The molecule has 0 aliphatic rings. The van der Waals surface area contributed by atoms with Crippen LogP contribution >= 0.6 is 34.7 Å². The van der Waals surface area contributed by atoms with E-state index in [1.54, 1.807) is 48.3 Å². The third-order valence-corrected chi connectivity index (χ3v) is 6.30. The van der Waals surface area contributed by atoms with Crippen molar-refractivity contribution < 1.29 is 14.3 Å². The van der Waals surface area contributed by atoms with Gasteiger partial charge in [0.25, 0.3) is 0 Å². The highest BCUT2D eigenvalue weighted by Crippen LogP contribution is 2.28. The molecule has 0 saturated heterocycles. The molecule has 0 atom stereocenters. The lowest BCUT2D eigenvalue weighted by atomic mass is 10.3. The number of anilines is 3. The molecular formula is C21H22ClN5O3S2. The van der Waals surface area contributed by atoms with E-state index in [9.17, 15) is 9.59 Å². The van der Waals surface area contributed by atoms with Gasteiger partial charge in [0.1, 0.15) is 12.4 Å². The van der Waals surface area contributed by atoms with Crippen molar-refractivity contribution in [3.05, 3.63) is 53.6 Å².